The van der Waals surface area contributed by atoms with Gasteiger partial charge in [-0.1, -0.05) is 12.1 Å². The minimum Gasteiger partial charge on any atom is -0.490 e. The summed E-state index contributed by atoms with van der Waals surface area (Å²) in [5.41, 5.74) is 1.72. The van der Waals surface area contributed by atoms with Crippen LogP contribution in [0.25, 0.3) is 10.2 Å². The third-order valence-electron chi connectivity index (χ3n) is 5.23. The van der Waals surface area contributed by atoms with Gasteiger partial charge in [-0.2, -0.15) is 0 Å². The van der Waals surface area contributed by atoms with Gasteiger partial charge in [0.2, 0.25) is 0 Å². The third kappa shape index (κ3) is 4.22. The number of hydrogen-bond donors (Lipinski definition) is 0. The maximum Gasteiger partial charge on any atom is 0.253 e. The summed E-state index contributed by atoms with van der Waals surface area (Å²) in [6.07, 6.45) is 1.89. The van der Waals surface area contributed by atoms with Gasteiger partial charge in [0.05, 0.1) is 28.4 Å². The topological polar surface area (TPSA) is 51.7 Å². The van der Waals surface area contributed by atoms with Gasteiger partial charge in [-0.25, -0.2) is 4.98 Å². The first-order valence-corrected chi connectivity index (χ1v) is 11.1. The van der Waals surface area contributed by atoms with Crippen molar-refractivity contribution in [2.75, 3.05) is 26.3 Å². The SMILES string of the molecule is CCOc1ccc(C(=O)N2CCC(c3nc4ccccc4s3)CC2)cc1OCC. The lowest BCUT2D eigenvalue weighted by Gasteiger charge is -2.31. The lowest BCUT2D eigenvalue weighted by molar-refractivity contribution is 0.0712. The molecule has 1 fully saturated rings. The zero-order valence-corrected chi connectivity index (χ0v) is 17.7. The molecule has 0 radical (unpaired) electrons. The summed E-state index contributed by atoms with van der Waals surface area (Å²) in [4.78, 5) is 19.8. The first-order valence-electron chi connectivity index (χ1n) is 10.2. The molecule has 2 heterocycles. The van der Waals surface area contributed by atoms with Crippen LogP contribution in [0.3, 0.4) is 0 Å². The van der Waals surface area contributed by atoms with Gasteiger partial charge in [-0.3, -0.25) is 4.79 Å². The van der Waals surface area contributed by atoms with Crippen LogP contribution in [0.5, 0.6) is 11.5 Å². The van der Waals surface area contributed by atoms with E-state index < -0.39 is 0 Å². The molecule has 4 rings (SSSR count). The molecule has 29 heavy (non-hydrogen) atoms. The molecule has 0 saturated carbocycles. The van der Waals surface area contributed by atoms with E-state index in [1.807, 2.05) is 36.9 Å². The van der Waals surface area contributed by atoms with Crippen LogP contribution in [-0.2, 0) is 0 Å². The standard InChI is InChI=1S/C23H26N2O3S/c1-3-27-19-10-9-17(15-20(19)28-4-2)23(26)25-13-11-16(12-14-25)22-24-18-7-5-6-8-21(18)29-22/h5-10,15-16H,3-4,11-14H2,1-2H3. The lowest BCUT2D eigenvalue weighted by atomic mass is 9.97. The van der Waals surface area contributed by atoms with Crippen molar-refractivity contribution in [1.82, 2.24) is 9.88 Å². The third-order valence-corrected chi connectivity index (χ3v) is 6.43. The first-order chi connectivity index (χ1) is 14.2. The summed E-state index contributed by atoms with van der Waals surface area (Å²) in [6.45, 7) is 6.45. The van der Waals surface area contributed by atoms with Crippen LogP contribution in [0, 0.1) is 0 Å². The van der Waals surface area contributed by atoms with Crippen molar-refractivity contribution in [2.24, 2.45) is 0 Å². The monoisotopic (exact) mass is 410 g/mol. The summed E-state index contributed by atoms with van der Waals surface area (Å²) >= 11 is 1.78. The second kappa shape index (κ2) is 8.82. The maximum absolute atomic E-state index is 13.0. The van der Waals surface area contributed by atoms with Gasteiger partial charge in [0.25, 0.3) is 5.91 Å². The summed E-state index contributed by atoms with van der Waals surface area (Å²) in [5, 5.41) is 1.19. The smallest absolute Gasteiger partial charge is 0.253 e. The van der Waals surface area contributed by atoms with E-state index in [4.69, 9.17) is 14.5 Å². The Bertz CT molecular complexity index is 960. The van der Waals surface area contributed by atoms with E-state index in [1.165, 1.54) is 9.71 Å². The Morgan fingerprint density at radius 2 is 1.79 bits per heavy atom. The number of carbonyl (C=O) groups excluding carboxylic acids is 1. The van der Waals surface area contributed by atoms with Crippen LogP contribution in [0.4, 0.5) is 0 Å². The van der Waals surface area contributed by atoms with Crippen LogP contribution in [0.1, 0.15) is 48.0 Å². The Hall–Kier alpha value is -2.60. The quantitative estimate of drug-likeness (QED) is 0.566. The lowest BCUT2D eigenvalue weighted by Crippen LogP contribution is -2.37. The predicted octanol–water partition coefficient (Wildman–Crippen LogP) is 5.11. The van der Waals surface area contributed by atoms with Gasteiger partial charge in [0, 0.05) is 24.6 Å². The highest BCUT2D eigenvalue weighted by Crippen LogP contribution is 2.35. The predicted molar refractivity (Wildman–Crippen MR) is 116 cm³/mol. The van der Waals surface area contributed by atoms with E-state index in [1.54, 1.807) is 17.4 Å². The number of thiazole rings is 1. The minimum atomic E-state index is 0.0525. The largest absolute Gasteiger partial charge is 0.490 e. The fourth-order valence-corrected chi connectivity index (χ4v) is 4.90. The van der Waals surface area contributed by atoms with E-state index in [0.29, 0.717) is 36.2 Å². The van der Waals surface area contributed by atoms with Gasteiger partial charge in [0.15, 0.2) is 11.5 Å². The maximum atomic E-state index is 13.0. The second-order valence-corrected chi connectivity index (χ2v) is 8.18. The molecule has 0 spiro atoms. The van der Waals surface area contributed by atoms with Crippen molar-refractivity contribution < 1.29 is 14.3 Å². The van der Waals surface area contributed by atoms with Crippen LogP contribution in [0.15, 0.2) is 42.5 Å². The number of nitrogens with zero attached hydrogens (tertiary/aromatic N) is 2. The van der Waals surface area contributed by atoms with Crippen LogP contribution >= 0.6 is 11.3 Å². The molecule has 3 aromatic rings. The number of aromatic nitrogens is 1. The average Bonchev–Trinajstić information content (AvgIpc) is 3.19. The summed E-state index contributed by atoms with van der Waals surface area (Å²) in [5.74, 6) is 1.79. The number of rotatable bonds is 6. The molecule has 1 aliphatic rings. The van der Waals surface area contributed by atoms with Gasteiger partial charge in [0.1, 0.15) is 0 Å². The summed E-state index contributed by atoms with van der Waals surface area (Å²) in [7, 11) is 0. The van der Waals surface area contributed by atoms with Crippen molar-refractivity contribution in [1.29, 1.82) is 0 Å². The fraction of sp³-hybridized carbons (Fsp3) is 0.391. The highest BCUT2D eigenvalue weighted by molar-refractivity contribution is 7.18. The highest BCUT2D eigenvalue weighted by Gasteiger charge is 2.27. The van der Waals surface area contributed by atoms with Gasteiger partial charge in [-0.05, 0) is 57.0 Å². The Morgan fingerprint density at radius 1 is 1.07 bits per heavy atom. The molecule has 1 amide bonds. The molecule has 1 saturated heterocycles. The Morgan fingerprint density at radius 3 is 2.52 bits per heavy atom. The van der Waals surface area contributed by atoms with E-state index in [0.717, 1.165) is 31.4 Å². The normalized spacial score (nSPS) is 14.9. The number of amides is 1. The zero-order valence-electron chi connectivity index (χ0n) is 16.9. The molecule has 152 valence electrons. The molecular weight excluding hydrogens is 384 g/mol. The van der Waals surface area contributed by atoms with Gasteiger partial charge < -0.3 is 14.4 Å². The Balaban J connectivity index is 1.44. The highest BCUT2D eigenvalue weighted by atomic mass is 32.1. The van der Waals surface area contributed by atoms with Crippen molar-refractivity contribution in [3.8, 4) is 11.5 Å². The molecule has 0 unspecified atom stereocenters. The molecule has 0 aliphatic carbocycles. The number of ether oxygens (including phenoxy) is 2. The van der Waals surface area contributed by atoms with E-state index in [-0.39, 0.29) is 5.91 Å². The van der Waals surface area contributed by atoms with Crippen LogP contribution < -0.4 is 9.47 Å². The van der Waals surface area contributed by atoms with Gasteiger partial charge >= 0.3 is 0 Å². The number of piperidine rings is 1. The first kappa shape index (κ1) is 19.7. The number of fused-ring (bicyclic) bond motifs is 1. The molecule has 2 aromatic carbocycles. The Kier molecular flexibility index (Phi) is 6.00. The van der Waals surface area contributed by atoms with Gasteiger partial charge in [-0.15, -0.1) is 11.3 Å². The molecular formula is C23H26N2O3S. The van der Waals surface area contributed by atoms with E-state index >= 15 is 0 Å². The van der Waals surface area contributed by atoms with E-state index in [9.17, 15) is 4.79 Å². The number of para-hydroxylation sites is 1. The van der Waals surface area contributed by atoms with Crippen molar-refractivity contribution >= 4 is 27.5 Å². The molecule has 1 aliphatic heterocycles. The van der Waals surface area contributed by atoms with Crippen molar-refractivity contribution in [2.45, 2.75) is 32.6 Å². The van der Waals surface area contributed by atoms with Crippen LogP contribution in [0.2, 0.25) is 0 Å². The molecule has 0 bridgehead atoms. The molecule has 0 atom stereocenters. The van der Waals surface area contributed by atoms with Crippen molar-refractivity contribution in [3.63, 3.8) is 0 Å². The second-order valence-electron chi connectivity index (χ2n) is 7.11. The number of benzene rings is 2. The summed E-state index contributed by atoms with van der Waals surface area (Å²) < 4.78 is 12.5. The average molecular weight is 411 g/mol. The number of hydrogen-bond acceptors (Lipinski definition) is 5. The number of likely N-dealkylation sites (tertiary alicyclic amines) is 1. The fourth-order valence-electron chi connectivity index (χ4n) is 3.76. The molecule has 5 nitrogen and oxygen atoms in total. The Labute approximate surface area is 175 Å². The summed E-state index contributed by atoms with van der Waals surface area (Å²) in [6, 6.07) is 13.7. The van der Waals surface area contributed by atoms with Crippen LogP contribution in [-0.4, -0.2) is 42.1 Å². The minimum absolute atomic E-state index is 0.0525. The molecule has 6 heteroatoms. The van der Waals surface area contributed by atoms with E-state index in [2.05, 4.69) is 18.2 Å². The molecule has 1 aromatic heterocycles. The molecule has 0 N–H and O–H groups in total. The van der Waals surface area contributed by atoms with Crippen molar-refractivity contribution in [3.05, 3.63) is 53.0 Å². The zero-order chi connectivity index (χ0) is 20.2. The number of carbonyl (C=O) groups is 1.